The molecule has 2 heterocycles. The van der Waals surface area contributed by atoms with Gasteiger partial charge in [0.15, 0.2) is 0 Å². The van der Waals surface area contributed by atoms with Gasteiger partial charge in [0.05, 0.1) is 6.54 Å². The largest absolute Gasteiger partial charge is 0.465 e. The minimum Gasteiger partial charge on any atom is -0.465 e. The van der Waals surface area contributed by atoms with Crippen molar-refractivity contribution in [3.05, 3.63) is 23.2 Å². The molecule has 17 heavy (non-hydrogen) atoms. The lowest BCUT2D eigenvalue weighted by Crippen LogP contribution is -2.36. The molecule has 4 heteroatoms. The summed E-state index contributed by atoms with van der Waals surface area (Å²) in [7, 11) is 0. The Hall–Kier alpha value is -0.450. The summed E-state index contributed by atoms with van der Waals surface area (Å²) in [5.74, 6) is 3.27. The van der Waals surface area contributed by atoms with Crippen LogP contribution in [0.1, 0.15) is 30.4 Å². The molecule has 1 aliphatic heterocycles. The van der Waals surface area contributed by atoms with E-state index in [-0.39, 0.29) is 0 Å². The maximum absolute atomic E-state index is 5.75. The topological polar surface area (TPSA) is 42.4 Å². The quantitative estimate of drug-likeness (QED) is 0.896. The van der Waals surface area contributed by atoms with Gasteiger partial charge in [0.25, 0.3) is 0 Å². The first kappa shape index (κ1) is 13.0. The molecule has 3 nitrogen and oxygen atoms in total. The minimum atomic E-state index is 0.572. The Morgan fingerprint density at radius 2 is 2.41 bits per heavy atom. The molecule has 0 aromatic carbocycles. The van der Waals surface area contributed by atoms with Crippen molar-refractivity contribution in [3.8, 4) is 0 Å². The Balaban J connectivity index is 1.95. The van der Waals surface area contributed by atoms with Crippen LogP contribution in [0.25, 0.3) is 0 Å². The van der Waals surface area contributed by atoms with Gasteiger partial charge in [0.1, 0.15) is 11.5 Å². The normalized spacial score (nSPS) is 21.9. The van der Waals surface area contributed by atoms with Crippen molar-refractivity contribution in [2.24, 2.45) is 5.73 Å². The maximum Gasteiger partial charge on any atom is 0.118 e. The molecule has 2 rings (SSSR count). The molecule has 0 saturated carbocycles. The Morgan fingerprint density at radius 3 is 3.06 bits per heavy atom. The molecule has 1 atom stereocenters. The molecule has 1 unspecified atom stereocenters. The molecule has 2 N–H and O–H groups in total. The number of aryl methyl sites for hydroxylation is 1. The van der Waals surface area contributed by atoms with Gasteiger partial charge in [-0.25, -0.2) is 0 Å². The molecule has 0 aliphatic carbocycles. The molecule has 0 amide bonds. The number of hydrogen-bond acceptors (Lipinski definition) is 4. The van der Waals surface area contributed by atoms with Crippen molar-refractivity contribution in [1.29, 1.82) is 0 Å². The van der Waals surface area contributed by atoms with Crippen molar-refractivity contribution >= 4 is 11.8 Å². The molecular weight excluding hydrogens is 232 g/mol. The standard InChI is InChI=1S/C13H22N2OS/c1-3-13-9-15(4-5-17-13)8-12-6-11(7-14)10(2)16-12/h6,13H,3-5,7-9,14H2,1-2H3. The number of rotatable bonds is 4. The van der Waals surface area contributed by atoms with Gasteiger partial charge in [-0.15, -0.1) is 0 Å². The number of nitrogens with zero attached hydrogens (tertiary/aromatic N) is 1. The van der Waals surface area contributed by atoms with Crippen LogP contribution in [0.3, 0.4) is 0 Å². The number of hydrogen-bond donors (Lipinski definition) is 1. The third-order valence-corrected chi connectivity index (χ3v) is 4.72. The summed E-state index contributed by atoms with van der Waals surface area (Å²) in [5, 5.41) is 0.786. The molecule has 96 valence electrons. The van der Waals surface area contributed by atoms with Gasteiger partial charge >= 0.3 is 0 Å². The molecular formula is C13H22N2OS. The second kappa shape index (κ2) is 5.94. The Kier molecular flexibility index (Phi) is 4.54. The predicted octanol–water partition coefficient (Wildman–Crippen LogP) is 2.37. The maximum atomic E-state index is 5.75. The van der Waals surface area contributed by atoms with E-state index >= 15 is 0 Å². The number of furan rings is 1. The summed E-state index contributed by atoms with van der Waals surface area (Å²) < 4.78 is 5.75. The average Bonchev–Trinajstić information content (AvgIpc) is 2.69. The summed E-state index contributed by atoms with van der Waals surface area (Å²) in [6.45, 7) is 8.11. The lowest BCUT2D eigenvalue weighted by Gasteiger charge is -2.31. The average molecular weight is 254 g/mol. The zero-order valence-corrected chi connectivity index (χ0v) is 11.6. The highest BCUT2D eigenvalue weighted by Crippen LogP contribution is 2.23. The van der Waals surface area contributed by atoms with Crippen LogP contribution in [0, 0.1) is 6.92 Å². The molecule has 1 fully saturated rings. The van der Waals surface area contributed by atoms with Crippen molar-refractivity contribution in [1.82, 2.24) is 4.90 Å². The van der Waals surface area contributed by atoms with Crippen LogP contribution in [0.2, 0.25) is 0 Å². The molecule has 0 radical (unpaired) electrons. The van der Waals surface area contributed by atoms with Gasteiger partial charge in [0, 0.05) is 36.2 Å². The first-order valence-corrected chi connectivity index (χ1v) is 7.40. The van der Waals surface area contributed by atoms with E-state index in [1.807, 2.05) is 6.92 Å². The fourth-order valence-electron chi connectivity index (χ4n) is 2.26. The van der Waals surface area contributed by atoms with Gasteiger partial charge < -0.3 is 10.2 Å². The van der Waals surface area contributed by atoms with E-state index in [0.29, 0.717) is 6.54 Å². The smallest absolute Gasteiger partial charge is 0.118 e. The highest BCUT2D eigenvalue weighted by atomic mass is 32.2. The monoisotopic (exact) mass is 254 g/mol. The van der Waals surface area contributed by atoms with Gasteiger partial charge in [-0.2, -0.15) is 11.8 Å². The first-order chi connectivity index (χ1) is 8.22. The van der Waals surface area contributed by atoms with Crippen molar-refractivity contribution in [3.63, 3.8) is 0 Å². The van der Waals surface area contributed by atoms with E-state index in [4.69, 9.17) is 10.2 Å². The van der Waals surface area contributed by atoms with E-state index < -0.39 is 0 Å². The second-order valence-electron chi connectivity index (χ2n) is 4.63. The van der Waals surface area contributed by atoms with E-state index in [1.54, 1.807) is 0 Å². The zero-order valence-electron chi connectivity index (χ0n) is 10.7. The Bertz CT molecular complexity index is 364. The molecule has 1 aromatic heterocycles. The predicted molar refractivity (Wildman–Crippen MR) is 73.2 cm³/mol. The van der Waals surface area contributed by atoms with Crippen LogP contribution < -0.4 is 5.73 Å². The van der Waals surface area contributed by atoms with Crippen molar-refractivity contribution < 1.29 is 4.42 Å². The van der Waals surface area contributed by atoms with Gasteiger partial charge in [0.2, 0.25) is 0 Å². The SMILES string of the molecule is CCC1CN(Cc2cc(CN)c(C)o2)CCS1. The van der Waals surface area contributed by atoms with Gasteiger partial charge in [-0.05, 0) is 19.4 Å². The summed E-state index contributed by atoms with van der Waals surface area (Å²) in [6.07, 6.45) is 1.26. The highest BCUT2D eigenvalue weighted by Gasteiger charge is 2.20. The van der Waals surface area contributed by atoms with E-state index in [0.717, 1.165) is 28.9 Å². The van der Waals surface area contributed by atoms with E-state index in [1.165, 1.54) is 25.3 Å². The van der Waals surface area contributed by atoms with Crippen LogP contribution in [0.15, 0.2) is 10.5 Å². The van der Waals surface area contributed by atoms with Crippen LogP contribution >= 0.6 is 11.8 Å². The van der Waals surface area contributed by atoms with Gasteiger partial charge in [-0.1, -0.05) is 6.92 Å². The van der Waals surface area contributed by atoms with Crippen LogP contribution in [-0.4, -0.2) is 29.0 Å². The van der Waals surface area contributed by atoms with E-state index in [9.17, 15) is 0 Å². The van der Waals surface area contributed by atoms with Crippen LogP contribution in [-0.2, 0) is 13.1 Å². The fraction of sp³-hybridized carbons (Fsp3) is 0.692. The molecule has 0 bridgehead atoms. The van der Waals surface area contributed by atoms with Crippen molar-refractivity contribution in [2.45, 2.75) is 38.6 Å². The molecule has 1 aliphatic rings. The summed E-state index contributed by atoms with van der Waals surface area (Å²) in [4.78, 5) is 2.49. The summed E-state index contributed by atoms with van der Waals surface area (Å²) >= 11 is 2.10. The first-order valence-electron chi connectivity index (χ1n) is 6.35. The number of thioether (sulfide) groups is 1. The van der Waals surface area contributed by atoms with Crippen LogP contribution in [0.5, 0.6) is 0 Å². The molecule has 1 aromatic rings. The second-order valence-corrected chi connectivity index (χ2v) is 6.04. The van der Waals surface area contributed by atoms with E-state index in [2.05, 4.69) is 29.7 Å². The molecule has 1 saturated heterocycles. The lowest BCUT2D eigenvalue weighted by molar-refractivity contribution is 0.248. The third-order valence-electron chi connectivity index (χ3n) is 3.35. The summed E-state index contributed by atoms with van der Waals surface area (Å²) in [5.41, 5.74) is 6.80. The lowest BCUT2D eigenvalue weighted by atomic mass is 10.2. The fourth-order valence-corrected chi connectivity index (χ4v) is 3.51. The third kappa shape index (κ3) is 3.27. The van der Waals surface area contributed by atoms with Gasteiger partial charge in [-0.3, -0.25) is 4.90 Å². The van der Waals surface area contributed by atoms with Crippen molar-refractivity contribution in [2.75, 3.05) is 18.8 Å². The number of nitrogens with two attached hydrogens (primary N) is 1. The summed E-state index contributed by atoms with van der Waals surface area (Å²) in [6, 6.07) is 2.11. The highest BCUT2D eigenvalue weighted by molar-refractivity contribution is 8.00. The Morgan fingerprint density at radius 1 is 1.59 bits per heavy atom. The molecule has 0 spiro atoms. The Labute approximate surface area is 108 Å². The minimum absolute atomic E-state index is 0.572. The zero-order chi connectivity index (χ0) is 12.3. The van der Waals surface area contributed by atoms with Crippen LogP contribution in [0.4, 0.5) is 0 Å².